The zero-order valence-corrected chi connectivity index (χ0v) is 19.5. The summed E-state index contributed by atoms with van der Waals surface area (Å²) in [6.07, 6.45) is 4.03. The van der Waals surface area contributed by atoms with Crippen molar-refractivity contribution < 1.29 is 14.7 Å². The number of amides is 2. The number of carbonyl (C=O) groups is 2. The standard InChI is InChI=1S/C25H32N4O4/c1-25(2,3)24(33)29-14-11-19-18(15-29)21(30)20(23(32)27-19)22(31)26-16-7-9-17(10-8-16)28-12-5-4-6-13-28/h7-10H,4-6,11-15H2,1-3H3,(H,26,31)(H2,27,30,32). The van der Waals surface area contributed by atoms with Crippen LogP contribution in [0, 0.1) is 5.41 Å². The van der Waals surface area contributed by atoms with Crippen molar-refractivity contribution in [3.05, 3.63) is 51.4 Å². The summed E-state index contributed by atoms with van der Waals surface area (Å²) >= 11 is 0. The lowest BCUT2D eigenvalue weighted by Gasteiger charge is -2.33. The highest BCUT2D eigenvalue weighted by Crippen LogP contribution is 2.30. The van der Waals surface area contributed by atoms with Crippen LogP contribution >= 0.6 is 0 Å². The highest BCUT2D eigenvalue weighted by atomic mass is 16.3. The number of nitrogens with one attached hydrogen (secondary N) is 2. The van der Waals surface area contributed by atoms with Crippen molar-refractivity contribution in [1.82, 2.24) is 9.88 Å². The molecule has 2 aromatic rings. The van der Waals surface area contributed by atoms with E-state index in [9.17, 15) is 19.5 Å². The number of piperidine rings is 1. The monoisotopic (exact) mass is 452 g/mol. The van der Waals surface area contributed by atoms with Crippen LogP contribution in [0.2, 0.25) is 0 Å². The lowest BCUT2D eigenvalue weighted by atomic mass is 9.92. The van der Waals surface area contributed by atoms with Gasteiger partial charge in [-0.05, 0) is 43.5 Å². The van der Waals surface area contributed by atoms with Gasteiger partial charge in [-0.1, -0.05) is 20.8 Å². The number of carbonyl (C=O) groups excluding carboxylic acids is 2. The number of aromatic hydroxyl groups is 1. The Labute approximate surface area is 193 Å². The van der Waals surface area contributed by atoms with E-state index in [1.165, 1.54) is 19.3 Å². The number of benzene rings is 1. The van der Waals surface area contributed by atoms with Crippen LogP contribution in [-0.2, 0) is 17.8 Å². The van der Waals surface area contributed by atoms with Gasteiger partial charge in [0.05, 0.1) is 6.54 Å². The van der Waals surface area contributed by atoms with Crippen molar-refractivity contribution in [2.24, 2.45) is 5.41 Å². The number of fused-ring (bicyclic) bond motifs is 1. The molecular formula is C25H32N4O4. The molecule has 8 heteroatoms. The number of hydrogen-bond acceptors (Lipinski definition) is 5. The Morgan fingerprint density at radius 1 is 1.03 bits per heavy atom. The summed E-state index contributed by atoms with van der Waals surface area (Å²) in [5.41, 5.74) is 1.10. The van der Waals surface area contributed by atoms with Crippen molar-refractivity contribution in [3.63, 3.8) is 0 Å². The highest BCUT2D eigenvalue weighted by molar-refractivity contribution is 6.06. The van der Waals surface area contributed by atoms with E-state index in [-0.39, 0.29) is 23.8 Å². The lowest BCUT2D eigenvalue weighted by Crippen LogP contribution is -2.43. The number of pyridine rings is 1. The van der Waals surface area contributed by atoms with Gasteiger partial charge in [-0.3, -0.25) is 14.4 Å². The van der Waals surface area contributed by atoms with Gasteiger partial charge in [0.1, 0.15) is 11.3 Å². The van der Waals surface area contributed by atoms with Crippen LogP contribution in [0.3, 0.4) is 0 Å². The molecule has 3 heterocycles. The van der Waals surface area contributed by atoms with Crippen LogP contribution in [-0.4, -0.2) is 46.4 Å². The van der Waals surface area contributed by atoms with Gasteiger partial charge in [0, 0.05) is 54.1 Å². The summed E-state index contributed by atoms with van der Waals surface area (Å²) in [5.74, 6) is -1.08. The number of hydrogen-bond donors (Lipinski definition) is 3. The van der Waals surface area contributed by atoms with Crippen LogP contribution in [0.25, 0.3) is 0 Å². The second-order valence-electron chi connectivity index (χ2n) is 9.91. The van der Waals surface area contributed by atoms with Crippen molar-refractivity contribution in [3.8, 4) is 5.75 Å². The van der Waals surface area contributed by atoms with Crippen molar-refractivity contribution in [2.75, 3.05) is 29.9 Å². The number of rotatable bonds is 3. The van der Waals surface area contributed by atoms with Crippen LogP contribution < -0.4 is 15.8 Å². The first-order valence-electron chi connectivity index (χ1n) is 11.6. The largest absolute Gasteiger partial charge is 0.506 e. The van der Waals surface area contributed by atoms with E-state index in [1.54, 1.807) is 17.0 Å². The van der Waals surface area contributed by atoms with Gasteiger partial charge >= 0.3 is 0 Å². The van der Waals surface area contributed by atoms with Gasteiger partial charge in [0.2, 0.25) is 5.91 Å². The molecule has 3 N–H and O–H groups in total. The van der Waals surface area contributed by atoms with Gasteiger partial charge in [-0.15, -0.1) is 0 Å². The van der Waals surface area contributed by atoms with Crippen molar-refractivity contribution in [1.29, 1.82) is 0 Å². The van der Waals surface area contributed by atoms with Gasteiger partial charge in [-0.2, -0.15) is 0 Å². The molecule has 0 aliphatic carbocycles. The second kappa shape index (κ2) is 8.92. The van der Waals surface area contributed by atoms with Crippen LogP contribution in [0.5, 0.6) is 5.75 Å². The van der Waals surface area contributed by atoms with Gasteiger partial charge in [0.25, 0.3) is 11.5 Å². The minimum Gasteiger partial charge on any atom is -0.506 e. The normalized spacial score (nSPS) is 16.3. The number of aromatic nitrogens is 1. The third-order valence-corrected chi connectivity index (χ3v) is 6.36. The second-order valence-corrected chi connectivity index (χ2v) is 9.91. The van der Waals surface area contributed by atoms with E-state index in [0.717, 1.165) is 18.8 Å². The van der Waals surface area contributed by atoms with Gasteiger partial charge < -0.3 is 25.2 Å². The predicted molar refractivity (Wildman–Crippen MR) is 128 cm³/mol. The summed E-state index contributed by atoms with van der Waals surface area (Å²) < 4.78 is 0. The average Bonchev–Trinajstić information content (AvgIpc) is 2.79. The van der Waals surface area contributed by atoms with E-state index >= 15 is 0 Å². The molecule has 2 aliphatic rings. The van der Waals surface area contributed by atoms with E-state index < -0.39 is 16.9 Å². The predicted octanol–water partition coefficient (Wildman–Crippen LogP) is 3.25. The van der Waals surface area contributed by atoms with E-state index in [1.807, 2.05) is 32.9 Å². The minimum atomic E-state index is -0.679. The number of H-pyrrole nitrogens is 1. The Bertz CT molecular complexity index is 1110. The molecule has 33 heavy (non-hydrogen) atoms. The third-order valence-electron chi connectivity index (χ3n) is 6.36. The Morgan fingerprint density at radius 2 is 1.70 bits per heavy atom. The van der Waals surface area contributed by atoms with Crippen LogP contribution in [0.4, 0.5) is 11.4 Å². The van der Waals surface area contributed by atoms with Crippen LogP contribution in [0.15, 0.2) is 29.1 Å². The zero-order chi connectivity index (χ0) is 23.8. The SMILES string of the molecule is CC(C)(C)C(=O)N1CCc2[nH]c(=O)c(C(=O)Nc3ccc(N4CCCCC4)cc3)c(O)c2C1. The zero-order valence-electron chi connectivity index (χ0n) is 19.5. The summed E-state index contributed by atoms with van der Waals surface area (Å²) in [4.78, 5) is 44.9. The molecule has 0 atom stereocenters. The highest BCUT2D eigenvalue weighted by Gasteiger charge is 2.33. The molecule has 1 aromatic carbocycles. The quantitative estimate of drug-likeness (QED) is 0.663. The molecule has 176 valence electrons. The minimum absolute atomic E-state index is 0.0430. The molecule has 8 nitrogen and oxygen atoms in total. The topological polar surface area (TPSA) is 106 Å². The average molecular weight is 453 g/mol. The lowest BCUT2D eigenvalue weighted by molar-refractivity contribution is -0.140. The fourth-order valence-electron chi connectivity index (χ4n) is 4.54. The smallest absolute Gasteiger partial charge is 0.265 e. The summed E-state index contributed by atoms with van der Waals surface area (Å²) in [6.45, 7) is 8.18. The molecule has 1 saturated heterocycles. The third kappa shape index (κ3) is 4.74. The molecule has 1 aromatic heterocycles. The molecule has 4 rings (SSSR count). The fraction of sp³-hybridized carbons (Fsp3) is 0.480. The fourth-order valence-corrected chi connectivity index (χ4v) is 4.54. The van der Waals surface area contributed by atoms with Crippen LogP contribution in [0.1, 0.15) is 61.6 Å². The molecule has 1 fully saturated rings. The molecule has 2 aliphatic heterocycles. The molecule has 2 amide bonds. The summed E-state index contributed by atoms with van der Waals surface area (Å²) in [7, 11) is 0. The first-order chi connectivity index (χ1) is 15.6. The summed E-state index contributed by atoms with van der Waals surface area (Å²) in [5, 5.41) is 13.6. The van der Waals surface area contributed by atoms with Gasteiger partial charge in [0.15, 0.2) is 0 Å². The van der Waals surface area contributed by atoms with Crippen molar-refractivity contribution in [2.45, 2.75) is 53.0 Å². The maximum atomic E-state index is 12.9. The molecule has 0 bridgehead atoms. The number of nitrogens with zero attached hydrogens (tertiary/aromatic N) is 2. The van der Waals surface area contributed by atoms with E-state index in [4.69, 9.17) is 0 Å². The molecule has 0 spiro atoms. The summed E-state index contributed by atoms with van der Waals surface area (Å²) in [6, 6.07) is 7.51. The molecule has 0 saturated carbocycles. The Kier molecular flexibility index (Phi) is 6.19. The molecule has 0 radical (unpaired) electrons. The molecular weight excluding hydrogens is 420 g/mol. The number of anilines is 2. The molecule has 0 unspecified atom stereocenters. The first-order valence-corrected chi connectivity index (χ1v) is 11.6. The van der Waals surface area contributed by atoms with Crippen molar-refractivity contribution >= 4 is 23.2 Å². The Morgan fingerprint density at radius 3 is 2.33 bits per heavy atom. The Balaban J connectivity index is 1.54. The Hall–Kier alpha value is -3.29. The van der Waals surface area contributed by atoms with Gasteiger partial charge in [-0.25, -0.2) is 0 Å². The first kappa shape index (κ1) is 22.9. The maximum Gasteiger partial charge on any atom is 0.265 e. The van der Waals surface area contributed by atoms with E-state index in [2.05, 4.69) is 15.2 Å². The number of aromatic amines is 1. The van der Waals surface area contributed by atoms with E-state index in [0.29, 0.717) is 29.9 Å². The maximum absolute atomic E-state index is 12.9.